The zero-order valence-corrected chi connectivity index (χ0v) is 18.4. The first-order valence-corrected chi connectivity index (χ1v) is 9.84. The van der Waals surface area contributed by atoms with E-state index < -0.39 is 35.2 Å². The number of ketones is 1. The van der Waals surface area contributed by atoms with Crippen molar-refractivity contribution in [1.29, 1.82) is 0 Å². The van der Waals surface area contributed by atoms with E-state index in [1.54, 1.807) is 24.3 Å². The fraction of sp³-hybridized carbons (Fsp3) is 0.217. The minimum absolute atomic E-state index is 0.0609. The number of hydrogen-bond donors (Lipinski definition) is 1. The van der Waals surface area contributed by atoms with Crippen LogP contribution in [0.15, 0.2) is 58.1 Å². The maximum Gasteiger partial charge on any atom is 0.338 e. The Bertz CT molecular complexity index is 1310. The first kappa shape index (κ1) is 23.3. The fourth-order valence-corrected chi connectivity index (χ4v) is 3.21. The van der Waals surface area contributed by atoms with E-state index >= 15 is 0 Å². The quantitative estimate of drug-likeness (QED) is 0.398. The van der Waals surface area contributed by atoms with Crippen LogP contribution >= 0.6 is 0 Å². The third kappa shape index (κ3) is 4.79. The Morgan fingerprint density at radius 1 is 0.970 bits per heavy atom. The van der Waals surface area contributed by atoms with Crippen LogP contribution in [0.3, 0.4) is 0 Å². The number of esters is 1. The van der Waals surface area contributed by atoms with Crippen LogP contribution in [0.5, 0.6) is 11.5 Å². The van der Waals surface area contributed by atoms with Crippen LogP contribution in [0, 0.1) is 0 Å². The maximum absolute atomic E-state index is 12.8. The molecule has 0 atom stereocenters. The molecule has 3 rings (SSSR count). The highest BCUT2D eigenvalue weighted by Crippen LogP contribution is 2.27. The lowest BCUT2D eigenvalue weighted by atomic mass is 10.1. The highest BCUT2D eigenvalue weighted by atomic mass is 16.5. The zero-order valence-electron chi connectivity index (χ0n) is 18.4. The zero-order chi connectivity index (χ0) is 24.1. The summed E-state index contributed by atoms with van der Waals surface area (Å²) < 4.78 is 17.3. The SMILES string of the molecule is COc1ccc(C(=O)OCC(=O)c2c(N)n(Cc3ccccc3)c(=O)n(C)c2=O)cc1OC. The largest absolute Gasteiger partial charge is 0.493 e. The van der Waals surface area contributed by atoms with Gasteiger partial charge in [0.05, 0.1) is 26.3 Å². The van der Waals surface area contributed by atoms with Gasteiger partial charge >= 0.3 is 11.7 Å². The number of Topliss-reactive ketones (excluding diaryl/α,β-unsaturated/α-hetero) is 1. The van der Waals surface area contributed by atoms with Gasteiger partial charge in [-0.15, -0.1) is 0 Å². The van der Waals surface area contributed by atoms with Crippen LogP contribution in [-0.2, 0) is 18.3 Å². The average molecular weight is 453 g/mol. The Labute approximate surface area is 188 Å². The van der Waals surface area contributed by atoms with E-state index in [2.05, 4.69) is 0 Å². The average Bonchev–Trinajstić information content (AvgIpc) is 2.84. The van der Waals surface area contributed by atoms with E-state index in [1.807, 2.05) is 6.07 Å². The van der Waals surface area contributed by atoms with Gasteiger partial charge < -0.3 is 19.9 Å². The summed E-state index contributed by atoms with van der Waals surface area (Å²) in [5, 5.41) is 0. The summed E-state index contributed by atoms with van der Waals surface area (Å²) >= 11 is 0. The van der Waals surface area contributed by atoms with Gasteiger partial charge in [-0.05, 0) is 23.8 Å². The lowest BCUT2D eigenvalue weighted by Crippen LogP contribution is -2.43. The summed E-state index contributed by atoms with van der Waals surface area (Å²) in [4.78, 5) is 50.4. The molecular weight excluding hydrogens is 430 g/mol. The van der Waals surface area contributed by atoms with Gasteiger partial charge in [-0.1, -0.05) is 30.3 Å². The van der Waals surface area contributed by atoms with Crippen LogP contribution in [0.2, 0.25) is 0 Å². The Kier molecular flexibility index (Phi) is 6.97. The molecule has 0 radical (unpaired) electrons. The first-order valence-electron chi connectivity index (χ1n) is 9.84. The van der Waals surface area contributed by atoms with E-state index in [0.29, 0.717) is 11.5 Å². The van der Waals surface area contributed by atoms with E-state index in [9.17, 15) is 19.2 Å². The van der Waals surface area contributed by atoms with E-state index in [-0.39, 0.29) is 17.9 Å². The van der Waals surface area contributed by atoms with Gasteiger partial charge in [0.25, 0.3) is 5.56 Å². The summed E-state index contributed by atoms with van der Waals surface area (Å²) in [6.07, 6.45) is 0. The standard InChI is InChI=1S/C23H23N3O7/c1-25-21(28)19(20(24)26(23(25)30)12-14-7-5-4-6-8-14)16(27)13-33-22(29)15-9-10-17(31-2)18(11-15)32-3/h4-11H,12-13,24H2,1-3H3. The summed E-state index contributed by atoms with van der Waals surface area (Å²) in [5.74, 6) is -1.20. The molecule has 172 valence electrons. The third-order valence-electron chi connectivity index (χ3n) is 5.00. The second-order valence-electron chi connectivity index (χ2n) is 7.05. The van der Waals surface area contributed by atoms with Gasteiger partial charge in [0, 0.05) is 7.05 Å². The number of rotatable bonds is 8. The summed E-state index contributed by atoms with van der Waals surface area (Å²) in [5.41, 5.74) is 4.97. The van der Waals surface area contributed by atoms with Gasteiger partial charge in [-0.3, -0.25) is 18.7 Å². The van der Waals surface area contributed by atoms with Crippen LogP contribution in [0.25, 0.3) is 0 Å². The highest BCUT2D eigenvalue weighted by molar-refractivity contribution is 6.02. The molecule has 0 aliphatic heterocycles. The second kappa shape index (κ2) is 9.86. The van der Waals surface area contributed by atoms with Crippen LogP contribution in [-0.4, -0.2) is 41.7 Å². The number of hydrogen-bond acceptors (Lipinski definition) is 8. The monoisotopic (exact) mass is 453 g/mol. The normalized spacial score (nSPS) is 10.5. The van der Waals surface area contributed by atoms with Crippen molar-refractivity contribution in [3.63, 3.8) is 0 Å². The Balaban J connectivity index is 1.86. The minimum atomic E-state index is -0.867. The van der Waals surface area contributed by atoms with Crippen molar-refractivity contribution in [2.24, 2.45) is 7.05 Å². The van der Waals surface area contributed by atoms with Crippen molar-refractivity contribution in [3.05, 3.63) is 86.1 Å². The molecule has 0 fully saturated rings. The Hall–Kier alpha value is -4.34. The summed E-state index contributed by atoms with van der Waals surface area (Å²) in [6.45, 7) is -0.679. The molecule has 0 saturated carbocycles. The van der Waals surface area contributed by atoms with Gasteiger partial charge in [0.15, 0.2) is 18.1 Å². The van der Waals surface area contributed by atoms with Crippen molar-refractivity contribution in [2.45, 2.75) is 6.54 Å². The number of nitrogens with two attached hydrogens (primary N) is 1. The molecule has 0 aliphatic rings. The van der Waals surface area contributed by atoms with Crippen molar-refractivity contribution in [2.75, 3.05) is 26.6 Å². The molecule has 3 aromatic rings. The van der Waals surface area contributed by atoms with Crippen molar-refractivity contribution >= 4 is 17.6 Å². The summed E-state index contributed by atoms with van der Waals surface area (Å²) in [7, 11) is 4.12. The molecule has 10 heteroatoms. The van der Waals surface area contributed by atoms with Crippen molar-refractivity contribution in [1.82, 2.24) is 9.13 Å². The number of nitrogen functional groups attached to an aromatic ring is 1. The highest BCUT2D eigenvalue weighted by Gasteiger charge is 2.23. The predicted molar refractivity (Wildman–Crippen MR) is 120 cm³/mol. The number of nitrogens with zero attached hydrogens (tertiary/aromatic N) is 2. The number of methoxy groups -OCH3 is 2. The number of aromatic nitrogens is 2. The van der Waals surface area contributed by atoms with Crippen LogP contribution in [0.1, 0.15) is 26.3 Å². The third-order valence-corrected chi connectivity index (χ3v) is 5.00. The van der Waals surface area contributed by atoms with Gasteiger partial charge in [-0.2, -0.15) is 0 Å². The number of carbonyl (C=O) groups excluding carboxylic acids is 2. The number of ether oxygens (including phenoxy) is 3. The molecule has 0 bridgehead atoms. The summed E-state index contributed by atoms with van der Waals surface area (Å²) in [6, 6.07) is 13.3. The van der Waals surface area contributed by atoms with Crippen molar-refractivity contribution in [3.8, 4) is 11.5 Å². The lowest BCUT2D eigenvalue weighted by molar-refractivity contribution is 0.0474. The van der Waals surface area contributed by atoms with Crippen LogP contribution in [0.4, 0.5) is 5.82 Å². The molecule has 0 amide bonds. The first-order chi connectivity index (χ1) is 15.8. The molecule has 2 N–H and O–H groups in total. The van der Waals surface area contributed by atoms with E-state index in [4.69, 9.17) is 19.9 Å². The molecule has 1 aromatic heterocycles. The predicted octanol–water partition coefficient (Wildman–Crippen LogP) is 1.23. The minimum Gasteiger partial charge on any atom is -0.493 e. The second-order valence-corrected chi connectivity index (χ2v) is 7.05. The molecule has 1 heterocycles. The number of carbonyl (C=O) groups is 2. The lowest BCUT2D eigenvalue weighted by Gasteiger charge is -2.15. The maximum atomic E-state index is 12.8. The number of anilines is 1. The fourth-order valence-electron chi connectivity index (χ4n) is 3.21. The molecule has 0 spiro atoms. The molecule has 2 aromatic carbocycles. The Morgan fingerprint density at radius 3 is 2.27 bits per heavy atom. The topological polar surface area (TPSA) is 132 Å². The van der Waals surface area contributed by atoms with E-state index in [1.165, 1.54) is 39.5 Å². The smallest absolute Gasteiger partial charge is 0.338 e. The van der Waals surface area contributed by atoms with Gasteiger partial charge in [-0.25, -0.2) is 9.59 Å². The molecule has 33 heavy (non-hydrogen) atoms. The molecule has 0 aliphatic carbocycles. The molecular formula is C23H23N3O7. The van der Waals surface area contributed by atoms with Gasteiger partial charge in [0.1, 0.15) is 11.4 Å². The Morgan fingerprint density at radius 2 is 1.64 bits per heavy atom. The van der Waals surface area contributed by atoms with Crippen molar-refractivity contribution < 1.29 is 23.8 Å². The van der Waals surface area contributed by atoms with E-state index in [0.717, 1.165) is 14.7 Å². The number of benzene rings is 2. The molecule has 0 unspecified atom stereocenters. The molecule has 0 saturated heterocycles. The van der Waals surface area contributed by atoms with Gasteiger partial charge in [0.2, 0.25) is 5.78 Å². The molecule has 10 nitrogen and oxygen atoms in total. The van der Waals surface area contributed by atoms with Crippen LogP contribution < -0.4 is 26.5 Å².